The second kappa shape index (κ2) is 8.12. The first-order valence-corrected chi connectivity index (χ1v) is 8.87. The highest BCUT2D eigenvalue weighted by atomic mass is 35.5. The molecule has 0 saturated carbocycles. The molecule has 0 unspecified atom stereocenters. The number of amides is 1. The lowest BCUT2D eigenvalue weighted by molar-refractivity contribution is -0.00106. The van der Waals surface area contributed by atoms with Gasteiger partial charge in [0.2, 0.25) is 5.76 Å². The van der Waals surface area contributed by atoms with Gasteiger partial charge in [0.15, 0.2) is 5.76 Å². The molecule has 1 aliphatic rings. The Bertz CT molecular complexity index is 812. The van der Waals surface area contributed by atoms with Crippen molar-refractivity contribution >= 4 is 35.1 Å². The summed E-state index contributed by atoms with van der Waals surface area (Å²) >= 11 is 11.9. The summed E-state index contributed by atoms with van der Waals surface area (Å²) in [6.07, 6.45) is 1.43. The van der Waals surface area contributed by atoms with Gasteiger partial charge in [-0.3, -0.25) is 4.79 Å². The van der Waals surface area contributed by atoms with Gasteiger partial charge in [0.05, 0.1) is 22.8 Å². The Hall–Kier alpha value is -2.02. The average Bonchev–Trinajstić information content (AvgIpc) is 3.13. The number of carboxylic acids is 1. The van der Waals surface area contributed by atoms with E-state index in [-0.39, 0.29) is 23.5 Å². The highest BCUT2D eigenvalue weighted by Crippen LogP contribution is 2.24. The lowest BCUT2D eigenvalue weighted by atomic mass is 10.1. The third-order valence-electron chi connectivity index (χ3n) is 4.23. The number of rotatable bonds is 5. The monoisotopic (exact) mass is 397 g/mol. The first-order valence-electron chi connectivity index (χ1n) is 8.12. The molecule has 1 N–H and O–H groups in total. The Labute approximate surface area is 160 Å². The van der Waals surface area contributed by atoms with Crippen LogP contribution in [0.15, 0.2) is 34.7 Å². The molecule has 2 aromatic rings. The number of aromatic carboxylic acids is 1. The molecule has 0 radical (unpaired) electrons. The summed E-state index contributed by atoms with van der Waals surface area (Å²) in [5.74, 6) is -1.70. The van der Waals surface area contributed by atoms with Crippen LogP contribution in [0.4, 0.5) is 0 Å². The fraction of sp³-hybridized carbons (Fsp3) is 0.333. The van der Waals surface area contributed by atoms with E-state index in [9.17, 15) is 9.59 Å². The molecule has 1 fully saturated rings. The fourth-order valence-corrected chi connectivity index (χ4v) is 3.11. The molecule has 1 saturated heterocycles. The lowest BCUT2D eigenvalue weighted by Gasteiger charge is -2.31. The average molecular weight is 398 g/mol. The van der Waals surface area contributed by atoms with Crippen LogP contribution < -0.4 is 0 Å². The van der Waals surface area contributed by atoms with E-state index in [0.717, 1.165) is 5.56 Å². The van der Waals surface area contributed by atoms with Crippen molar-refractivity contribution in [3.8, 4) is 0 Å². The minimum Gasteiger partial charge on any atom is -0.475 e. The molecule has 8 heteroatoms. The number of likely N-dealkylation sites (tertiary alicyclic amines) is 1. The van der Waals surface area contributed by atoms with Crippen molar-refractivity contribution in [2.45, 2.75) is 25.6 Å². The van der Waals surface area contributed by atoms with Gasteiger partial charge in [-0.15, -0.1) is 0 Å². The first-order chi connectivity index (χ1) is 12.4. The van der Waals surface area contributed by atoms with Gasteiger partial charge in [-0.2, -0.15) is 0 Å². The van der Waals surface area contributed by atoms with Gasteiger partial charge < -0.3 is 19.2 Å². The van der Waals surface area contributed by atoms with Gasteiger partial charge in [0, 0.05) is 13.1 Å². The van der Waals surface area contributed by atoms with E-state index < -0.39 is 5.97 Å². The highest BCUT2D eigenvalue weighted by Gasteiger charge is 2.26. The predicted octanol–water partition coefficient (Wildman–Crippen LogP) is 4.11. The molecule has 2 heterocycles. The summed E-state index contributed by atoms with van der Waals surface area (Å²) in [6, 6.07) is 8.04. The number of hydrogen-bond acceptors (Lipinski definition) is 4. The summed E-state index contributed by atoms with van der Waals surface area (Å²) < 4.78 is 11.0. The van der Waals surface area contributed by atoms with Gasteiger partial charge >= 0.3 is 5.97 Å². The van der Waals surface area contributed by atoms with E-state index in [1.165, 1.54) is 12.1 Å². The van der Waals surface area contributed by atoms with E-state index in [1.807, 2.05) is 6.07 Å². The molecule has 3 rings (SSSR count). The summed E-state index contributed by atoms with van der Waals surface area (Å²) in [4.78, 5) is 24.8. The number of hydrogen-bond donors (Lipinski definition) is 1. The molecule has 0 atom stereocenters. The zero-order chi connectivity index (χ0) is 18.7. The van der Waals surface area contributed by atoms with E-state index in [2.05, 4.69) is 0 Å². The second-order valence-electron chi connectivity index (χ2n) is 6.02. The molecular formula is C18H17Cl2NO5. The standard InChI is InChI=1S/C18H17Cl2NO5/c19-13-2-1-11(9-14(13)20)10-25-12-5-7-21(8-6-12)17(22)15-3-4-16(26-15)18(23)24/h1-4,9,12H,5-8,10H2,(H,23,24). The summed E-state index contributed by atoms with van der Waals surface area (Å²) in [7, 11) is 0. The Morgan fingerprint density at radius 3 is 2.42 bits per heavy atom. The first kappa shape index (κ1) is 18.8. The number of carbonyl (C=O) groups is 2. The van der Waals surface area contributed by atoms with Gasteiger partial charge in [-0.05, 0) is 42.7 Å². The third-order valence-corrected chi connectivity index (χ3v) is 4.97. The van der Waals surface area contributed by atoms with Crippen LogP contribution in [0.1, 0.15) is 39.5 Å². The van der Waals surface area contributed by atoms with Crippen LogP contribution in [0, 0.1) is 0 Å². The van der Waals surface area contributed by atoms with Gasteiger partial charge in [0.25, 0.3) is 5.91 Å². The van der Waals surface area contributed by atoms with E-state index in [1.54, 1.807) is 17.0 Å². The SMILES string of the molecule is O=C(O)c1ccc(C(=O)N2CCC(OCc3ccc(Cl)c(Cl)c3)CC2)o1. The normalized spacial score (nSPS) is 15.2. The van der Waals surface area contributed by atoms with Crippen LogP contribution >= 0.6 is 23.2 Å². The number of furan rings is 1. The predicted molar refractivity (Wildman–Crippen MR) is 95.8 cm³/mol. The zero-order valence-electron chi connectivity index (χ0n) is 13.8. The van der Waals surface area contributed by atoms with Crippen LogP contribution in [-0.4, -0.2) is 41.1 Å². The van der Waals surface area contributed by atoms with Crippen LogP contribution in [0.5, 0.6) is 0 Å². The van der Waals surface area contributed by atoms with Crippen molar-refractivity contribution < 1.29 is 23.8 Å². The minimum atomic E-state index is -1.20. The van der Waals surface area contributed by atoms with Crippen molar-refractivity contribution in [2.24, 2.45) is 0 Å². The van der Waals surface area contributed by atoms with Crippen molar-refractivity contribution in [1.29, 1.82) is 0 Å². The molecule has 26 heavy (non-hydrogen) atoms. The van der Waals surface area contributed by atoms with Gasteiger partial charge in [-0.1, -0.05) is 29.3 Å². The molecule has 1 aromatic carbocycles. The second-order valence-corrected chi connectivity index (χ2v) is 6.83. The van der Waals surface area contributed by atoms with E-state index >= 15 is 0 Å². The largest absolute Gasteiger partial charge is 0.475 e. The molecule has 138 valence electrons. The van der Waals surface area contributed by atoms with Gasteiger partial charge in [0.1, 0.15) is 0 Å². The van der Waals surface area contributed by atoms with Crippen LogP contribution in [0.3, 0.4) is 0 Å². The Balaban J connectivity index is 1.49. The maximum Gasteiger partial charge on any atom is 0.371 e. The zero-order valence-corrected chi connectivity index (χ0v) is 15.3. The smallest absolute Gasteiger partial charge is 0.371 e. The van der Waals surface area contributed by atoms with Crippen molar-refractivity contribution in [3.63, 3.8) is 0 Å². The fourth-order valence-electron chi connectivity index (χ4n) is 2.79. The van der Waals surface area contributed by atoms with Crippen LogP contribution in [0.25, 0.3) is 0 Å². The number of benzene rings is 1. The number of carbonyl (C=O) groups excluding carboxylic acids is 1. The summed E-state index contributed by atoms with van der Waals surface area (Å²) in [5, 5.41) is 9.86. The molecule has 1 amide bonds. The molecule has 0 aliphatic carbocycles. The highest BCUT2D eigenvalue weighted by molar-refractivity contribution is 6.42. The van der Waals surface area contributed by atoms with Crippen molar-refractivity contribution in [2.75, 3.05) is 13.1 Å². The maximum absolute atomic E-state index is 12.4. The molecule has 1 aromatic heterocycles. The number of nitrogens with zero attached hydrogens (tertiary/aromatic N) is 1. The molecule has 0 spiro atoms. The topological polar surface area (TPSA) is 80.0 Å². The van der Waals surface area contributed by atoms with Crippen LogP contribution in [0.2, 0.25) is 10.0 Å². The van der Waals surface area contributed by atoms with Crippen LogP contribution in [-0.2, 0) is 11.3 Å². The van der Waals surface area contributed by atoms with E-state index in [4.69, 9.17) is 37.5 Å². The number of piperidine rings is 1. The third kappa shape index (κ3) is 4.38. The minimum absolute atomic E-state index is 0.0394. The maximum atomic E-state index is 12.4. The number of carboxylic acid groups (broad SMARTS) is 1. The molecule has 1 aliphatic heterocycles. The van der Waals surface area contributed by atoms with Gasteiger partial charge in [-0.25, -0.2) is 4.79 Å². The Morgan fingerprint density at radius 2 is 1.81 bits per heavy atom. The quantitative estimate of drug-likeness (QED) is 0.820. The summed E-state index contributed by atoms with van der Waals surface area (Å²) in [6.45, 7) is 1.47. The Morgan fingerprint density at radius 1 is 1.12 bits per heavy atom. The lowest BCUT2D eigenvalue weighted by Crippen LogP contribution is -2.40. The van der Waals surface area contributed by atoms with Crippen molar-refractivity contribution in [3.05, 3.63) is 57.5 Å². The summed E-state index contributed by atoms with van der Waals surface area (Å²) in [5.41, 5.74) is 0.940. The van der Waals surface area contributed by atoms with E-state index in [0.29, 0.717) is 42.6 Å². The Kier molecular flexibility index (Phi) is 5.86. The molecule has 6 nitrogen and oxygen atoms in total. The number of ether oxygens (including phenoxy) is 1. The van der Waals surface area contributed by atoms with Crippen molar-refractivity contribution in [1.82, 2.24) is 4.90 Å². The number of halogens is 2. The molecular weight excluding hydrogens is 381 g/mol. The molecule has 0 bridgehead atoms.